The van der Waals surface area contributed by atoms with E-state index < -0.39 is 12.2 Å². The normalized spacial score (nSPS) is 15.9. The van der Waals surface area contributed by atoms with Crippen LogP contribution < -0.4 is 0 Å². The molecular formula is C7H14O4. The molecule has 0 aromatic carbocycles. The average molecular weight is 162 g/mol. The van der Waals surface area contributed by atoms with Crippen molar-refractivity contribution in [2.45, 2.75) is 25.6 Å². The zero-order valence-corrected chi connectivity index (χ0v) is 6.56. The van der Waals surface area contributed by atoms with Gasteiger partial charge in [-0.15, -0.1) is 0 Å². The fraction of sp³-hybridized carbons (Fsp3) is 0.857. The predicted molar refractivity (Wildman–Crippen MR) is 39.2 cm³/mol. The lowest BCUT2D eigenvalue weighted by Gasteiger charge is -2.11. The van der Waals surface area contributed by atoms with Crippen LogP contribution in [-0.4, -0.2) is 41.9 Å². The first-order valence-electron chi connectivity index (χ1n) is 3.56. The van der Waals surface area contributed by atoms with Gasteiger partial charge in [-0.2, -0.15) is 0 Å². The number of ether oxygens (including phenoxy) is 1. The van der Waals surface area contributed by atoms with Gasteiger partial charge in [0.05, 0.1) is 19.3 Å². The van der Waals surface area contributed by atoms with Crippen LogP contribution in [-0.2, 0) is 9.53 Å². The molecule has 0 aliphatic heterocycles. The van der Waals surface area contributed by atoms with Gasteiger partial charge in [0.25, 0.3) is 0 Å². The van der Waals surface area contributed by atoms with Crippen LogP contribution in [0.5, 0.6) is 0 Å². The molecule has 0 aliphatic carbocycles. The lowest BCUT2D eigenvalue weighted by Crippen LogP contribution is -2.21. The minimum absolute atomic E-state index is 0.107. The third-order valence-electron chi connectivity index (χ3n) is 1.15. The highest BCUT2D eigenvalue weighted by molar-refractivity contribution is 5.55. The van der Waals surface area contributed by atoms with Crippen LogP contribution >= 0.6 is 0 Å². The average Bonchev–Trinajstić information content (AvgIpc) is 1.97. The standard InChI is InChI=1S/C7H14O4/c1-6(10)4-7(5-9)11-3-2-8/h5-8,10H,2-4H2,1H3. The van der Waals surface area contributed by atoms with Crippen LogP contribution in [0, 0.1) is 0 Å². The van der Waals surface area contributed by atoms with Crippen molar-refractivity contribution >= 4 is 6.29 Å². The fourth-order valence-electron chi connectivity index (χ4n) is 0.703. The predicted octanol–water partition coefficient (Wildman–Crippen LogP) is -0.666. The largest absolute Gasteiger partial charge is 0.394 e. The Morgan fingerprint density at radius 2 is 2.27 bits per heavy atom. The number of hydrogen-bond acceptors (Lipinski definition) is 4. The number of aliphatic hydroxyl groups excluding tert-OH is 2. The van der Waals surface area contributed by atoms with Crippen molar-refractivity contribution in [1.29, 1.82) is 0 Å². The molecule has 0 amide bonds. The zero-order valence-electron chi connectivity index (χ0n) is 6.56. The lowest BCUT2D eigenvalue weighted by atomic mass is 10.2. The number of carbonyl (C=O) groups excluding carboxylic acids is 1. The molecule has 4 heteroatoms. The van der Waals surface area contributed by atoms with E-state index in [2.05, 4.69) is 0 Å². The summed E-state index contributed by atoms with van der Waals surface area (Å²) in [6.07, 6.45) is -0.239. The Morgan fingerprint density at radius 1 is 1.64 bits per heavy atom. The highest BCUT2D eigenvalue weighted by atomic mass is 16.5. The number of hydrogen-bond donors (Lipinski definition) is 2. The first-order valence-corrected chi connectivity index (χ1v) is 3.56. The second-order valence-electron chi connectivity index (χ2n) is 2.35. The Balaban J connectivity index is 3.49. The number of carbonyl (C=O) groups is 1. The van der Waals surface area contributed by atoms with Crippen LogP contribution in [0.2, 0.25) is 0 Å². The second kappa shape index (κ2) is 6.27. The van der Waals surface area contributed by atoms with Crippen molar-refractivity contribution in [3.8, 4) is 0 Å². The molecule has 11 heavy (non-hydrogen) atoms. The molecule has 0 heterocycles. The minimum atomic E-state index is -0.595. The van der Waals surface area contributed by atoms with Gasteiger partial charge < -0.3 is 19.7 Å². The van der Waals surface area contributed by atoms with Gasteiger partial charge in [-0.25, -0.2) is 0 Å². The molecule has 66 valence electrons. The summed E-state index contributed by atoms with van der Waals surface area (Å²) in [6.45, 7) is 1.61. The summed E-state index contributed by atoms with van der Waals surface area (Å²) in [5, 5.41) is 17.2. The van der Waals surface area contributed by atoms with Gasteiger partial charge in [0.1, 0.15) is 12.4 Å². The molecular weight excluding hydrogens is 148 g/mol. The van der Waals surface area contributed by atoms with E-state index in [4.69, 9.17) is 14.9 Å². The minimum Gasteiger partial charge on any atom is -0.394 e. The van der Waals surface area contributed by atoms with Crippen LogP contribution in [0.25, 0.3) is 0 Å². The van der Waals surface area contributed by atoms with Crippen molar-refractivity contribution < 1.29 is 19.7 Å². The lowest BCUT2D eigenvalue weighted by molar-refractivity contribution is -0.120. The van der Waals surface area contributed by atoms with E-state index >= 15 is 0 Å². The molecule has 0 rings (SSSR count). The van der Waals surface area contributed by atoms with Crippen LogP contribution in [0.1, 0.15) is 13.3 Å². The van der Waals surface area contributed by atoms with Crippen molar-refractivity contribution in [3.63, 3.8) is 0 Å². The Morgan fingerprint density at radius 3 is 2.64 bits per heavy atom. The van der Waals surface area contributed by atoms with Crippen molar-refractivity contribution in [2.24, 2.45) is 0 Å². The smallest absolute Gasteiger partial charge is 0.148 e. The van der Waals surface area contributed by atoms with Gasteiger partial charge in [0.2, 0.25) is 0 Å². The van der Waals surface area contributed by atoms with Crippen molar-refractivity contribution in [3.05, 3.63) is 0 Å². The van der Waals surface area contributed by atoms with Gasteiger partial charge in [-0.3, -0.25) is 0 Å². The maximum Gasteiger partial charge on any atom is 0.148 e. The Bertz CT molecular complexity index is 103. The zero-order chi connectivity index (χ0) is 8.69. The number of rotatable bonds is 6. The summed E-state index contributed by atoms with van der Waals surface area (Å²) in [5.74, 6) is 0. The quantitative estimate of drug-likeness (QED) is 0.508. The molecule has 0 fully saturated rings. The molecule has 0 aliphatic rings. The van der Waals surface area contributed by atoms with E-state index in [1.165, 1.54) is 0 Å². The fourth-order valence-corrected chi connectivity index (χ4v) is 0.703. The summed E-state index contributed by atoms with van der Waals surface area (Å²) in [7, 11) is 0. The highest BCUT2D eigenvalue weighted by Gasteiger charge is 2.09. The van der Waals surface area contributed by atoms with Gasteiger partial charge >= 0.3 is 0 Å². The van der Waals surface area contributed by atoms with Crippen molar-refractivity contribution in [2.75, 3.05) is 13.2 Å². The summed E-state index contributed by atoms with van der Waals surface area (Å²) in [5.41, 5.74) is 0. The molecule has 2 N–H and O–H groups in total. The van der Waals surface area contributed by atoms with E-state index in [1.807, 2.05) is 0 Å². The first kappa shape index (κ1) is 10.6. The molecule has 4 nitrogen and oxygen atoms in total. The third-order valence-corrected chi connectivity index (χ3v) is 1.15. The van der Waals surface area contributed by atoms with Gasteiger partial charge in [0, 0.05) is 6.42 Å². The van der Waals surface area contributed by atoms with Gasteiger partial charge in [0.15, 0.2) is 0 Å². The van der Waals surface area contributed by atoms with Crippen LogP contribution in [0.3, 0.4) is 0 Å². The number of aldehydes is 1. The Kier molecular flexibility index (Phi) is 6.02. The second-order valence-corrected chi connectivity index (χ2v) is 2.35. The molecule has 0 spiro atoms. The van der Waals surface area contributed by atoms with E-state index in [9.17, 15) is 4.79 Å². The van der Waals surface area contributed by atoms with E-state index in [-0.39, 0.29) is 19.6 Å². The molecule has 0 bridgehead atoms. The van der Waals surface area contributed by atoms with E-state index in [1.54, 1.807) is 6.92 Å². The maximum atomic E-state index is 10.2. The summed E-state index contributed by atoms with van der Waals surface area (Å²) in [6, 6.07) is 0. The molecule has 0 radical (unpaired) electrons. The Hall–Kier alpha value is -0.450. The Labute approximate surface area is 65.8 Å². The first-order chi connectivity index (χ1) is 5.20. The molecule has 2 unspecified atom stereocenters. The summed E-state index contributed by atoms with van der Waals surface area (Å²) in [4.78, 5) is 10.2. The van der Waals surface area contributed by atoms with E-state index in [0.29, 0.717) is 6.29 Å². The summed E-state index contributed by atoms with van der Waals surface area (Å²) >= 11 is 0. The monoisotopic (exact) mass is 162 g/mol. The van der Waals surface area contributed by atoms with Gasteiger partial charge in [-0.1, -0.05) is 0 Å². The third kappa shape index (κ3) is 5.97. The molecule has 0 aromatic rings. The van der Waals surface area contributed by atoms with Gasteiger partial charge in [-0.05, 0) is 6.92 Å². The highest BCUT2D eigenvalue weighted by Crippen LogP contribution is 1.99. The number of aliphatic hydroxyl groups is 2. The van der Waals surface area contributed by atoms with Crippen molar-refractivity contribution in [1.82, 2.24) is 0 Å². The topological polar surface area (TPSA) is 66.8 Å². The van der Waals surface area contributed by atoms with Crippen LogP contribution in [0.4, 0.5) is 0 Å². The summed E-state index contributed by atoms with van der Waals surface area (Å²) < 4.78 is 4.87. The molecule has 0 saturated carbocycles. The maximum absolute atomic E-state index is 10.2. The van der Waals surface area contributed by atoms with E-state index in [0.717, 1.165) is 0 Å². The SMILES string of the molecule is CC(O)CC(C=O)OCCO. The molecule has 2 atom stereocenters. The van der Waals surface area contributed by atoms with Crippen LogP contribution in [0.15, 0.2) is 0 Å². The molecule has 0 aromatic heterocycles. The molecule has 0 saturated heterocycles.